The molecule has 1 N–H and O–H groups in total. The number of hydrazone groups is 1. The van der Waals surface area contributed by atoms with Crippen molar-refractivity contribution in [3.05, 3.63) is 65.3 Å². The molecule has 0 aliphatic rings. The minimum Gasteiger partial charge on any atom is -0.497 e. The van der Waals surface area contributed by atoms with Crippen molar-refractivity contribution in [2.45, 2.75) is 0 Å². The molecule has 116 valence electrons. The summed E-state index contributed by atoms with van der Waals surface area (Å²) in [7, 11) is 1.65. The van der Waals surface area contributed by atoms with Gasteiger partial charge in [0, 0.05) is 10.6 Å². The third-order valence-corrected chi connectivity index (χ3v) is 4.18. The highest BCUT2D eigenvalue weighted by atomic mass is 35.5. The lowest BCUT2D eigenvalue weighted by molar-refractivity contribution is 0.415. The maximum Gasteiger partial charge on any atom is 0.137 e. The number of rotatable bonds is 5. The second kappa shape index (κ2) is 7.26. The van der Waals surface area contributed by atoms with E-state index in [1.807, 2.05) is 54.7 Å². The molecule has 0 saturated heterocycles. The largest absolute Gasteiger partial charge is 0.497 e. The van der Waals surface area contributed by atoms with Crippen molar-refractivity contribution in [3.8, 4) is 16.9 Å². The van der Waals surface area contributed by atoms with Crippen LogP contribution in [0, 0.1) is 0 Å². The van der Waals surface area contributed by atoms with E-state index in [0.717, 1.165) is 27.4 Å². The number of nitrogens with one attached hydrogen (secondary N) is 1. The highest BCUT2D eigenvalue weighted by Crippen LogP contribution is 2.31. The van der Waals surface area contributed by atoms with E-state index in [0.29, 0.717) is 5.02 Å². The number of ether oxygens (including phenoxy) is 1. The van der Waals surface area contributed by atoms with Gasteiger partial charge in [-0.25, -0.2) is 0 Å². The first-order valence-electron chi connectivity index (χ1n) is 6.90. The molecule has 1 heterocycles. The van der Waals surface area contributed by atoms with E-state index in [1.165, 1.54) is 11.5 Å². The van der Waals surface area contributed by atoms with Crippen LogP contribution in [-0.4, -0.2) is 17.7 Å². The number of nitrogens with zero attached hydrogens (tertiary/aromatic N) is 2. The molecule has 0 spiro atoms. The first-order valence-corrected chi connectivity index (χ1v) is 8.05. The fourth-order valence-corrected chi connectivity index (χ4v) is 2.76. The molecular formula is C17H14ClN3OS. The van der Waals surface area contributed by atoms with E-state index in [-0.39, 0.29) is 0 Å². The van der Waals surface area contributed by atoms with Gasteiger partial charge in [-0.1, -0.05) is 23.7 Å². The summed E-state index contributed by atoms with van der Waals surface area (Å²) in [6.07, 6.45) is 3.57. The summed E-state index contributed by atoms with van der Waals surface area (Å²) in [6.45, 7) is 0. The van der Waals surface area contributed by atoms with Crippen molar-refractivity contribution in [2.75, 3.05) is 12.5 Å². The van der Waals surface area contributed by atoms with Crippen LogP contribution in [0.15, 0.2) is 59.8 Å². The van der Waals surface area contributed by atoms with Crippen molar-refractivity contribution in [3.63, 3.8) is 0 Å². The monoisotopic (exact) mass is 343 g/mol. The maximum atomic E-state index is 5.92. The zero-order valence-electron chi connectivity index (χ0n) is 12.4. The molecule has 4 nitrogen and oxygen atoms in total. The fourth-order valence-electron chi connectivity index (χ4n) is 2.01. The number of methoxy groups -OCH3 is 1. The van der Waals surface area contributed by atoms with Crippen molar-refractivity contribution in [2.24, 2.45) is 5.10 Å². The molecule has 0 unspecified atom stereocenters. The van der Waals surface area contributed by atoms with Crippen LogP contribution < -0.4 is 10.2 Å². The zero-order chi connectivity index (χ0) is 16.1. The van der Waals surface area contributed by atoms with E-state index in [4.69, 9.17) is 16.3 Å². The molecule has 0 amide bonds. The molecule has 0 bridgehead atoms. The van der Waals surface area contributed by atoms with Crippen molar-refractivity contribution in [1.29, 1.82) is 0 Å². The minimum atomic E-state index is 0.712. The van der Waals surface area contributed by atoms with Crippen LogP contribution in [0.25, 0.3) is 11.1 Å². The lowest BCUT2D eigenvalue weighted by atomic mass is 10.1. The van der Waals surface area contributed by atoms with Gasteiger partial charge in [-0.05, 0) is 59.1 Å². The maximum absolute atomic E-state index is 5.92. The van der Waals surface area contributed by atoms with Gasteiger partial charge in [0.1, 0.15) is 10.8 Å². The number of hydrogen-bond donors (Lipinski definition) is 1. The molecule has 0 radical (unpaired) electrons. The third kappa shape index (κ3) is 3.88. The fraction of sp³-hybridized carbons (Fsp3) is 0.0588. The molecule has 2 aromatic carbocycles. The molecule has 3 rings (SSSR count). The van der Waals surface area contributed by atoms with E-state index >= 15 is 0 Å². The van der Waals surface area contributed by atoms with E-state index in [9.17, 15) is 0 Å². The Morgan fingerprint density at radius 1 is 1.13 bits per heavy atom. The number of aromatic nitrogens is 1. The van der Waals surface area contributed by atoms with Crippen LogP contribution in [-0.2, 0) is 0 Å². The van der Waals surface area contributed by atoms with Crippen molar-refractivity contribution in [1.82, 2.24) is 4.37 Å². The molecule has 1 aromatic heterocycles. The van der Waals surface area contributed by atoms with Gasteiger partial charge >= 0.3 is 0 Å². The standard InChI is InChI=1S/C17H14ClN3OS/c1-22-15-8-2-12(3-9-15)10-19-21-17-16(11-20-23-17)13-4-6-14(18)7-5-13/h2-11,21H,1H3. The summed E-state index contributed by atoms with van der Waals surface area (Å²) in [5, 5.41) is 5.87. The van der Waals surface area contributed by atoms with Crippen LogP contribution in [0.3, 0.4) is 0 Å². The third-order valence-electron chi connectivity index (χ3n) is 3.22. The first kappa shape index (κ1) is 15.5. The van der Waals surface area contributed by atoms with Gasteiger partial charge < -0.3 is 4.74 Å². The van der Waals surface area contributed by atoms with Gasteiger partial charge in [0.05, 0.1) is 19.5 Å². The van der Waals surface area contributed by atoms with Gasteiger partial charge in [0.15, 0.2) is 0 Å². The SMILES string of the molecule is COc1ccc(C=NNc2sncc2-c2ccc(Cl)cc2)cc1. The van der Waals surface area contributed by atoms with Gasteiger partial charge in [-0.3, -0.25) is 5.43 Å². The molecular weight excluding hydrogens is 330 g/mol. The Balaban J connectivity index is 1.72. The molecule has 0 atom stereocenters. The number of benzene rings is 2. The van der Waals surface area contributed by atoms with Gasteiger partial charge in [-0.15, -0.1) is 0 Å². The Morgan fingerprint density at radius 3 is 2.57 bits per heavy atom. The summed E-state index contributed by atoms with van der Waals surface area (Å²) >= 11 is 7.29. The predicted octanol–water partition coefficient (Wildman–Crippen LogP) is 4.92. The van der Waals surface area contributed by atoms with Crippen LogP contribution >= 0.6 is 23.1 Å². The van der Waals surface area contributed by atoms with Gasteiger partial charge in [0.25, 0.3) is 0 Å². The number of halogens is 1. The predicted molar refractivity (Wildman–Crippen MR) is 96.8 cm³/mol. The van der Waals surface area contributed by atoms with Crippen molar-refractivity contribution >= 4 is 34.3 Å². The normalized spacial score (nSPS) is 10.9. The number of hydrogen-bond acceptors (Lipinski definition) is 5. The van der Waals surface area contributed by atoms with Crippen molar-refractivity contribution < 1.29 is 4.74 Å². The summed E-state index contributed by atoms with van der Waals surface area (Å²) in [6, 6.07) is 15.3. The van der Waals surface area contributed by atoms with Crippen LogP contribution in [0.4, 0.5) is 5.00 Å². The zero-order valence-corrected chi connectivity index (χ0v) is 13.9. The molecule has 0 saturated carbocycles. The summed E-state index contributed by atoms with van der Waals surface area (Å²) in [5.41, 5.74) is 6.07. The molecule has 0 fully saturated rings. The van der Waals surface area contributed by atoms with E-state index < -0.39 is 0 Å². The highest BCUT2D eigenvalue weighted by molar-refractivity contribution is 7.10. The Hall–Kier alpha value is -2.37. The molecule has 3 aromatic rings. The molecule has 6 heteroatoms. The number of anilines is 1. The second-order valence-electron chi connectivity index (χ2n) is 4.72. The smallest absolute Gasteiger partial charge is 0.137 e. The minimum absolute atomic E-state index is 0.712. The average Bonchev–Trinajstić information content (AvgIpc) is 3.05. The first-order chi connectivity index (χ1) is 11.3. The average molecular weight is 344 g/mol. The van der Waals surface area contributed by atoms with Crippen LogP contribution in [0.1, 0.15) is 5.56 Å². The Labute approximate surface area is 143 Å². The van der Waals surface area contributed by atoms with Gasteiger partial charge in [-0.2, -0.15) is 9.47 Å². The molecule has 23 heavy (non-hydrogen) atoms. The van der Waals surface area contributed by atoms with Gasteiger partial charge in [0.2, 0.25) is 0 Å². The molecule has 0 aliphatic heterocycles. The van der Waals surface area contributed by atoms with Crippen LogP contribution in [0.5, 0.6) is 5.75 Å². The summed E-state index contributed by atoms with van der Waals surface area (Å²) < 4.78 is 9.35. The summed E-state index contributed by atoms with van der Waals surface area (Å²) in [5.74, 6) is 0.822. The van der Waals surface area contributed by atoms with E-state index in [1.54, 1.807) is 13.3 Å². The van der Waals surface area contributed by atoms with E-state index in [2.05, 4.69) is 14.9 Å². The lowest BCUT2D eigenvalue weighted by Crippen LogP contribution is -1.90. The quantitative estimate of drug-likeness (QED) is 0.528. The molecule has 0 aliphatic carbocycles. The Morgan fingerprint density at radius 2 is 1.87 bits per heavy atom. The Bertz CT molecular complexity index is 797. The highest BCUT2D eigenvalue weighted by Gasteiger charge is 2.07. The lowest BCUT2D eigenvalue weighted by Gasteiger charge is -2.02. The second-order valence-corrected chi connectivity index (χ2v) is 5.96. The Kier molecular flexibility index (Phi) is 4.90. The van der Waals surface area contributed by atoms with Crippen LogP contribution in [0.2, 0.25) is 5.02 Å². The summed E-state index contributed by atoms with van der Waals surface area (Å²) in [4.78, 5) is 0. The topological polar surface area (TPSA) is 46.5 Å².